The molecule has 0 radical (unpaired) electrons. The first-order valence-electron chi connectivity index (χ1n) is 8.30. The summed E-state index contributed by atoms with van der Waals surface area (Å²) in [5.74, 6) is -0.712. The number of esters is 1. The average molecular weight is 521 g/mol. The second-order valence-corrected chi connectivity index (χ2v) is 11.3. The highest BCUT2D eigenvalue weighted by Gasteiger charge is 2.22. The number of carbonyl (C=O) groups is 1. The number of benzene rings is 2. The average Bonchev–Trinajstić information content (AvgIpc) is 3.27. The number of hydrogen-bond acceptors (Lipinski definition) is 7. The van der Waals surface area contributed by atoms with E-state index in [1.807, 2.05) is 0 Å². The van der Waals surface area contributed by atoms with Gasteiger partial charge in [0.15, 0.2) is 0 Å². The number of thiophene rings is 1. The molecule has 164 valence electrons. The molecule has 8 nitrogen and oxygen atoms in total. The van der Waals surface area contributed by atoms with Crippen molar-refractivity contribution in [2.75, 3.05) is 16.6 Å². The van der Waals surface area contributed by atoms with Crippen molar-refractivity contribution in [3.8, 4) is 0 Å². The van der Waals surface area contributed by atoms with Gasteiger partial charge in [-0.1, -0.05) is 35.3 Å². The highest BCUT2D eigenvalue weighted by Crippen LogP contribution is 2.35. The maximum absolute atomic E-state index is 12.9. The van der Waals surface area contributed by atoms with Crippen LogP contribution in [-0.2, 0) is 24.8 Å². The third kappa shape index (κ3) is 5.31. The minimum absolute atomic E-state index is 0.00162. The molecule has 3 aromatic rings. The van der Waals surface area contributed by atoms with Crippen molar-refractivity contribution in [3.05, 3.63) is 69.5 Å². The predicted octanol–water partition coefficient (Wildman–Crippen LogP) is 4.44. The monoisotopic (exact) mass is 520 g/mol. The highest BCUT2D eigenvalue weighted by atomic mass is 35.5. The summed E-state index contributed by atoms with van der Waals surface area (Å²) in [7, 11) is -7.05. The van der Waals surface area contributed by atoms with E-state index in [0.717, 1.165) is 17.4 Å². The normalized spacial score (nSPS) is 11.7. The maximum atomic E-state index is 12.9. The van der Waals surface area contributed by atoms with Crippen molar-refractivity contribution in [1.29, 1.82) is 0 Å². The summed E-state index contributed by atoms with van der Waals surface area (Å²) < 4.78 is 60.2. The van der Waals surface area contributed by atoms with Gasteiger partial charge < -0.3 is 4.74 Å². The van der Waals surface area contributed by atoms with E-state index in [4.69, 9.17) is 23.2 Å². The zero-order valence-corrected chi connectivity index (χ0v) is 19.6. The molecule has 0 bridgehead atoms. The van der Waals surface area contributed by atoms with Crippen LogP contribution in [0.5, 0.6) is 0 Å². The molecule has 0 saturated heterocycles. The Hall–Kier alpha value is -2.31. The van der Waals surface area contributed by atoms with Crippen molar-refractivity contribution >= 4 is 71.9 Å². The molecule has 0 amide bonds. The van der Waals surface area contributed by atoms with Crippen LogP contribution in [0.2, 0.25) is 10.0 Å². The van der Waals surface area contributed by atoms with Crippen LogP contribution in [0.3, 0.4) is 0 Å². The standard InChI is InChI=1S/C18H14Cl2N2O6S3/c1-28-18(23)11-4-2-5-12(8-11)30(24,25)21-15-9-13(19)14(20)10-16(15)22-31(26,27)17-6-3-7-29-17/h2-10,21-22H,1H3. The first-order valence-corrected chi connectivity index (χ1v) is 12.9. The zero-order valence-electron chi connectivity index (χ0n) is 15.6. The third-order valence-electron chi connectivity index (χ3n) is 3.87. The first kappa shape index (κ1) is 23.4. The summed E-state index contributed by atoms with van der Waals surface area (Å²) in [4.78, 5) is 11.5. The van der Waals surface area contributed by atoms with Gasteiger partial charge in [0.1, 0.15) is 4.21 Å². The molecule has 0 aliphatic heterocycles. The van der Waals surface area contributed by atoms with Gasteiger partial charge in [0.2, 0.25) is 0 Å². The molecule has 0 aliphatic carbocycles. The number of ether oxygens (including phenoxy) is 1. The fraction of sp³-hybridized carbons (Fsp3) is 0.0556. The Bertz CT molecular complexity index is 1340. The lowest BCUT2D eigenvalue weighted by atomic mass is 10.2. The summed E-state index contributed by atoms with van der Waals surface area (Å²) in [6.45, 7) is 0. The quantitative estimate of drug-likeness (QED) is 0.444. The lowest BCUT2D eigenvalue weighted by Gasteiger charge is -2.15. The highest BCUT2D eigenvalue weighted by molar-refractivity contribution is 7.94. The van der Waals surface area contributed by atoms with Gasteiger partial charge in [0.05, 0.1) is 39.0 Å². The van der Waals surface area contributed by atoms with Crippen LogP contribution in [0.25, 0.3) is 0 Å². The van der Waals surface area contributed by atoms with Crippen LogP contribution in [-0.4, -0.2) is 29.9 Å². The van der Waals surface area contributed by atoms with Gasteiger partial charge in [-0.2, -0.15) is 0 Å². The molecule has 0 spiro atoms. The van der Waals surface area contributed by atoms with E-state index in [1.165, 1.54) is 43.5 Å². The van der Waals surface area contributed by atoms with Gasteiger partial charge >= 0.3 is 5.97 Å². The summed E-state index contributed by atoms with van der Waals surface area (Å²) in [5, 5.41) is 1.60. The number of methoxy groups -OCH3 is 1. The molecule has 13 heteroatoms. The minimum atomic E-state index is -4.23. The number of carbonyl (C=O) groups excluding carboxylic acids is 1. The first-order chi connectivity index (χ1) is 14.5. The number of anilines is 2. The Labute approximate surface area is 192 Å². The van der Waals surface area contributed by atoms with Crippen LogP contribution < -0.4 is 9.44 Å². The predicted molar refractivity (Wildman–Crippen MR) is 120 cm³/mol. The van der Waals surface area contributed by atoms with Gasteiger partial charge in [-0.25, -0.2) is 21.6 Å². The molecule has 0 unspecified atom stereocenters. The third-order valence-corrected chi connectivity index (χ3v) is 8.72. The van der Waals surface area contributed by atoms with Gasteiger partial charge in [0.25, 0.3) is 20.0 Å². The van der Waals surface area contributed by atoms with E-state index >= 15 is 0 Å². The van der Waals surface area contributed by atoms with Crippen molar-refractivity contribution < 1.29 is 26.4 Å². The molecule has 0 atom stereocenters. The summed E-state index contributed by atoms with van der Waals surface area (Å²) in [5.41, 5.74) is -0.258. The van der Waals surface area contributed by atoms with Gasteiger partial charge in [-0.05, 0) is 41.8 Å². The Morgan fingerprint density at radius 1 is 0.903 bits per heavy atom. The van der Waals surface area contributed by atoms with Crippen LogP contribution in [0, 0.1) is 0 Å². The summed E-state index contributed by atoms with van der Waals surface area (Å²) >= 11 is 13.0. The molecule has 31 heavy (non-hydrogen) atoms. The van der Waals surface area contributed by atoms with Crippen LogP contribution in [0.1, 0.15) is 10.4 Å². The topological polar surface area (TPSA) is 119 Å². The largest absolute Gasteiger partial charge is 0.465 e. The lowest BCUT2D eigenvalue weighted by molar-refractivity contribution is 0.0600. The summed E-state index contributed by atoms with van der Waals surface area (Å²) in [6.07, 6.45) is 0. The Balaban J connectivity index is 2.01. The number of halogens is 2. The van der Waals surface area contributed by atoms with E-state index in [2.05, 4.69) is 14.2 Å². The molecule has 0 saturated carbocycles. The smallest absolute Gasteiger partial charge is 0.337 e. The van der Waals surface area contributed by atoms with Crippen LogP contribution in [0.4, 0.5) is 11.4 Å². The number of nitrogens with one attached hydrogen (secondary N) is 2. The molecule has 2 aromatic carbocycles. The fourth-order valence-electron chi connectivity index (χ4n) is 2.44. The van der Waals surface area contributed by atoms with E-state index in [9.17, 15) is 21.6 Å². The van der Waals surface area contributed by atoms with Gasteiger partial charge in [-0.3, -0.25) is 9.44 Å². The molecule has 0 aliphatic rings. The second kappa shape index (κ2) is 9.05. The van der Waals surface area contributed by atoms with Crippen molar-refractivity contribution in [3.63, 3.8) is 0 Å². The SMILES string of the molecule is COC(=O)c1cccc(S(=O)(=O)Nc2cc(Cl)c(Cl)cc2NS(=O)(=O)c2cccs2)c1. The summed E-state index contributed by atoms with van der Waals surface area (Å²) in [6, 6.07) is 10.5. The lowest BCUT2D eigenvalue weighted by Crippen LogP contribution is -2.17. The molecular weight excluding hydrogens is 507 g/mol. The van der Waals surface area contributed by atoms with Gasteiger partial charge in [-0.15, -0.1) is 11.3 Å². The molecule has 3 rings (SSSR count). The fourth-order valence-corrected chi connectivity index (χ4v) is 5.95. The van der Waals surface area contributed by atoms with Crippen molar-refractivity contribution in [2.24, 2.45) is 0 Å². The maximum Gasteiger partial charge on any atom is 0.337 e. The van der Waals surface area contributed by atoms with Crippen LogP contribution in [0.15, 0.2) is 63.0 Å². The minimum Gasteiger partial charge on any atom is -0.465 e. The number of hydrogen-bond donors (Lipinski definition) is 2. The Kier molecular flexibility index (Phi) is 6.82. The van der Waals surface area contributed by atoms with E-state index in [-0.39, 0.29) is 36.1 Å². The van der Waals surface area contributed by atoms with E-state index in [0.29, 0.717) is 0 Å². The molecule has 2 N–H and O–H groups in total. The number of rotatable bonds is 7. The molecular formula is C18H14Cl2N2O6S3. The molecule has 1 aromatic heterocycles. The Morgan fingerprint density at radius 2 is 1.52 bits per heavy atom. The Morgan fingerprint density at radius 3 is 2.06 bits per heavy atom. The second-order valence-electron chi connectivity index (χ2n) is 5.97. The zero-order chi connectivity index (χ0) is 22.8. The van der Waals surface area contributed by atoms with Gasteiger partial charge in [0, 0.05) is 0 Å². The van der Waals surface area contributed by atoms with E-state index in [1.54, 1.807) is 11.4 Å². The molecule has 1 heterocycles. The molecule has 0 fully saturated rings. The van der Waals surface area contributed by atoms with Crippen molar-refractivity contribution in [1.82, 2.24) is 0 Å². The van der Waals surface area contributed by atoms with Crippen LogP contribution >= 0.6 is 34.5 Å². The number of sulfonamides is 2. The van der Waals surface area contributed by atoms with E-state index < -0.39 is 26.0 Å². The van der Waals surface area contributed by atoms with Crippen molar-refractivity contribution in [2.45, 2.75) is 9.10 Å².